The maximum Gasteiger partial charge on any atom is 0.339 e. The molecule has 0 spiro atoms. The lowest BCUT2D eigenvalue weighted by atomic mass is 9.97. The van der Waals surface area contributed by atoms with Crippen LogP contribution in [0, 0.1) is 0 Å². The van der Waals surface area contributed by atoms with Gasteiger partial charge in [0.1, 0.15) is 17.1 Å². The van der Waals surface area contributed by atoms with Gasteiger partial charge in [-0.2, -0.15) is 0 Å². The summed E-state index contributed by atoms with van der Waals surface area (Å²) in [5, 5.41) is 28.9. The van der Waals surface area contributed by atoms with Gasteiger partial charge < -0.3 is 15.3 Å². The molecule has 0 aliphatic heterocycles. The van der Waals surface area contributed by atoms with Crippen molar-refractivity contribution in [2.45, 2.75) is 26.2 Å². The molecule has 0 fully saturated rings. The molecule has 21 heavy (non-hydrogen) atoms. The van der Waals surface area contributed by atoms with Crippen molar-refractivity contribution in [1.82, 2.24) is 0 Å². The number of carboxylic acid groups (broad SMARTS) is 1. The van der Waals surface area contributed by atoms with Crippen LogP contribution in [0.15, 0.2) is 36.4 Å². The highest BCUT2D eigenvalue weighted by atomic mass is 16.4. The Morgan fingerprint density at radius 2 is 1.67 bits per heavy atom. The second kappa shape index (κ2) is 5.87. The highest BCUT2D eigenvalue weighted by Crippen LogP contribution is 2.32. The molecule has 0 heterocycles. The number of carboxylic acids is 1. The Kier molecular flexibility index (Phi) is 4.17. The van der Waals surface area contributed by atoms with Crippen LogP contribution in [0.4, 0.5) is 0 Å². The first-order valence-corrected chi connectivity index (χ1v) is 6.76. The molecule has 2 aromatic carbocycles. The molecule has 0 aromatic heterocycles. The Balaban J connectivity index is 2.35. The van der Waals surface area contributed by atoms with E-state index in [2.05, 4.69) is 13.8 Å². The highest BCUT2D eigenvalue weighted by molar-refractivity contribution is 5.91. The third-order valence-electron chi connectivity index (χ3n) is 3.52. The maximum atomic E-state index is 11.0. The van der Waals surface area contributed by atoms with E-state index in [1.807, 2.05) is 24.3 Å². The fraction of sp³-hybridized carbons (Fsp3) is 0.235. The minimum absolute atomic E-state index is 0.106. The summed E-state index contributed by atoms with van der Waals surface area (Å²) in [4.78, 5) is 11.0. The van der Waals surface area contributed by atoms with Crippen LogP contribution in [0.25, 0.3) is 0 Å². The lowest BCUT2D eigenvalue weighted by Crippen LogP contribution is -2.00. The number of benzene rings is 2. The van der Waals surface area contributed by atoms with Crippen molar-refractivity contribution in [1.29, 1.82) is 0 Å². The van der Waals surface area contributed by atoms with E-state index in [1.165, 1.54) is 17.7 Å². The van der Waals surface area contributed by atoms with Crippen molar-refractivity contribution in [3.63, 3.8) is 0 Å². The number of aromatic hydroxyl groups is 2. The van der Waals surface area contributed by atoms with Crippen LogP contribution in [0.5, 0.6) is 11.5 Å². The first kappa shape index (κ1) is 14.9. The average molecular weight is 286 g/mol. The molecule has 4 heteroatoms. The number of carbonyl (C=O) groups is 1. The van der Waals surface area contributed by atoms with E-state index < -0.39 is 5.97 Å². The van der Waals surface area contributed by atoms with Gasteiger partial charge in [0.05, 0.1) is 0 Å². The van der Waals surface area contributed by atoms with Crippen molar-refractivity contribution in [2.75, 3.05) is 0 Å². The third kappa shape index (κ3) is 3.16. The number of hydrogen-bond acceptors (Lipinski definition) is 3. The van der Waals surface area contributed by atoms with Crippen LogP contribution in [-0.2, 0) is 6.42 Å². The van der Waals surface area contributed by atoms with Gasteiger partial charge in [-0.1, -0.05) is 38.1 Å². The van der Waals surface area contributed by atoms with E-state index in [0.29, 0.717) is 5.92 Å². The van der Waals surface area contributed by atoms with Gasteiger partial charge in [-0.25, -0.2) is 4.79 Å². The Morgan fingerprint density at radius 1 is 1.05 bits per heavy atom. The van der Waals surface area contributed by atoms with Crippen molar-refractivity contribution >= 4 is 5.97 Å². The van der Waals surface area contributed by atoms with Crippen molar-refractivity contribution in [2.24, 2.45) is 0 Å². The molecule has 2 rings (SSSR count). The van der Waals surface area contributed by atoms with Gasteiger partial charge >= 0.3 is 5.97 Å². The molecule has 0 aliphatic rings. The lowest BCUT2D eigenvalue weighted by Gasteiger charge is -2.11. The number of rotatable bonds is 4. The summed E-state index contributed by atoms with van der Waals surface area (Å²) < 4.78 is 0. The summed E-state index contributed by atoms with van der Waals surface area (Å²) in [6.45, 7) is 4.20. The first-order valence-electron chi connectivity index (χ1n) is 6.76. The zero-order valence-electron chi connectivity index (χ0n) is 12.0. The van der Waals surface area contributed by atoms with Crippen LogP contribution in [0.3, 0.4) is 0 Å². The van der Waals surface area contributed by atoms with Gasteiger partial charge in [-0.15, -0.1) is 0 Å². The van der Waals surface area contributed by atoms with Crippen LogP contribution in [0.1, 0.15) is 46.8 Å². The molecule has 110 valence electrons. The van der Waals surface area contributed by atoms with Crippen molar-refractivity contribution < 1.29 is 20.1 Å². The predicted octanol–water partition coefficient (Wildman–Crippen LogP) is 3.51. The second-order valence-corrected chi connectivity index (χ2v) is 5.34. The highest BCUT2D eigenvalue weighted by Gasteiger charge is 2.17. The van der Waals surface area contributed by atoms with Gasteiger partial charge in [0.2, 0.25) is 0 Å². The SMILES string of the molecule is CC(C)c1ccc(Cc2c(O)ccc(C(=O)O)c2O)cc1. The molecule has 0 bridgehead atoms. The van der Waals surface area contributed by atoms with Crippen molar-refractivity contribution in [3.05, 3.63) is 58.7 Å². The molecule has 0 amide bonds. The topological polar surface area (TPSA) is 77.8 Å². The Morgan fingerprint density at radius 3 is 2.19 bits per heavy atom. The van der Waals surface area contributed by atoms with E-state index in [1.54, 1.807) is 0 Å². The minimum Gasteiger partial charge on any atom is -0.508 e. The number of phenols is 2. The Bertz CT molecular complexity index is 657. The van der Waals surface area contributed by atoms with Crippen LogP contribution >= 0.6 is 0 Å². The van der Waals surface area contributed by atoms with Gasteiger partial charge in [0, 0.05) is 12.0 Å². The monoisotopic (exact) mass is 286 g/mol. The molecular formula is C17H18O4. The molecular weight excluding hydrogens is 268 g/mol. The fourth-order valence-corrected chi connectivity index (χ4v) is 2.20. The normalized spacial score (nSPS) is 10.8. The average Bonchev–Trinajstić information content (AvgIpc) is 2.43. The molecule has 0 atom stereocenters. The predicted molar refractivity (Wildman–Crippen MR) is 80.1 cm³/mol. The second-order valence-electron chi connectivity index (χ2n) is 5.34. The summed E-state index contributed by atoms with van der Waals surface area (Å²) in [6, 6.07) is 10.3. The smallest absolute Gasteiger partial charge is 0.339 e. The first-order chi connectivity index (χ1) is 9.90. The summed E-state index contributed by atoms with van der Waals surface area (Å²) in [5.41, 5.74) is 2.12. The zero-order chi connectivity index (χ0) is 15.6. The van der Waals surface area contributed by atoms with Crippen LogP contribution in [0.2, 0.25) is 0 Å². The zero-order valence-corrected chi connectivity index (χ0v) is 12.0. The van der Waals surface area contributed by atoms with Gasteiger partial charge in [-0.05, 0) is 29.2 Å². The van der Waals surface area contributed by atoms with Gasteiger partial charge in [0.25, 0.3) is 0 Å². The molecule has 2 aromatic rings. The Labute approximate surface area is 123 Å². The van der Waals surface area contributed by atoms with Gasteiger partial charge in [-0.3, -0.25) is 0 Å². The number of aromatic carboxylic acids is 1. The van der Waals surface area contributed by atoms with Crippen molar-refractivity contribution in [3.8, 4) is 11.5 Å². The molecule has 0 saturated heterocycles. The van der Waals surface area contributed by atoms with Crippen LogP contribution < -0.4 is 0 Å². The van der Waals surface area contributed by atoms with Gasteiger partial charge in [0.15, 0.2) is 0 Å². The molecule has 0 saturated carbocycles. The number of hydrogen-bond donors (Lipinski definition) is 3. The summed E-state index contributed by atoms with van der Waals surface area (Å²) in [5.74, 6) is -1.28. The fourth-order valence-electron chi connectivity index (χ4n) is 2.20. The molecule has 4 nitrogen and oxygen atoms in total. The minimum atomic E-state index is -1.22. The van der Waals surface area contributed by atoms with E-state index in [4.69, 9.17) is 5.11 Å². The summed E-state index contributed by atoms with van der Waals surface area (Å²) in [7, 11) is 0. The number of phenolic OH excluding ortho intramolecular Hbond substituents is 1. The standard InChI is InChI=1S/C17H18O4/c1-10(2)12-5-3-11(4-6-12)9-14-15(18)8-7-13(16(14)19)17(20)21/h3-8,10,18-19H,9H2,1-2H3,(H,20,21). The third-order valence-corrected chi connectivity index (χ3v) is 3.52. The molecule has 0 radical (unpaired) electrons. The van der Waals surface area contributed by atoms with E-state index >= 15 is 0 Å². The summed E-state index contributed by atoms with van der Waals surface area (Å²) >= 11 is 0. The molecule has 0 aliphatic carbocycles. The summed E-state index contributed by atoms with van der Waals surface area (Å²) in [6.07, 6.45) is 0.275. The maximum absolute atomic E-state index is 11.0. The largest absolute Gasteiger partial charge is 0.508 e. The van der Waals surface area contributed by atoms with E-state index in [0.717, 1.165) is 5.56 Å². The molecule has 0 unspecified atom stereocenters. The Hall–Kier alpha value is -2.49. The quantitative estimate of drug-likeness (QED) is 0.803. The molecule has 3 N–H and O–H groups in total. The lowest BCUT2D eigenvalue weighted by molar-refractivity contribution is 0.0693. The van der Waals surface area contributed by atoms with Crippen LogP contribution in [-0.4, -0.2) is 21.3 Å². The van der Waals surface area contributed by atoms with E-state index in [-0.39, 0.29) is 29.0 Å². The van der Waals surface area contributed by atoms with E-state index in [9.17, 15) is 15.0 Å².